The van der Waals surface area contributed by atoms with Crippen LogP contribution in [0.25, 0.3) is 0 Å². The Labute approximate surface area is 117 Å². The molecule has 5 nitrogen and oxygen atoms in total. The lowest BCUT2D eigenvalue weighted by molar-refractivity contribution is -0.133. The maximum atomic E-state index is 11.8. The SMILES string of the molecule is NCc1ccc2c(c1)C(NC1=C(N)CC(=O)C1=O)CC2. The van der Waals surface area contributed by atoms with Crippen molar-refractivity contribution in [3.05, 3.63) is 46.3 Å². The number of ketones is 2. The number of nitrogens with one attached hydrogen (secondary N) is 1. The zero-order valence-corrected chi connectivity index (χ0v) is 11.1. The van der Waals surface area contributed by atoms with Gasteiger partial charge in [0, 0.05) is 12.2 Å². The Hall–Kier alpha value is -2.14. The molecular formula is C15H17N3O2. The summed E-state index contributed by atoms with van der Waals surface area (Å²) in [6.45, 7) is 0.488. The van der Waals surface area contributed by atoms with E-state index in [1.54, 1.807) is 0 Å². The van der Waals surface area contributed by atoms with E-state index in [0.717, 1.165) is 24.0 Å². The van der Waals surface area contributed by atoms with Crippen molar-refractivity contribution in [2.75, 3.05) is 0 Å². The summed E-state index contributed by atoms with van der Waals surface area (Å²) in [5.74, 6) is -0.926. The maximum absolute atomic E-state index is 11.8. The summed E-state index contributed by atoms with van der Waals surface area (Å²) < 4.78 is 0. The second-order valence-electron chi connectivity index (χ2n) is 5.30. The fourth-order valence-corrected chi connectivity index (χ4v) is 2.89. The summed E-state index contributed by atoms with van der Waals surface area (Å²) >= 11 is 0. The molecule has 0 bridgehead atoms. The van der Waals surface area contributed by atoms with Crippen LogP contribution >= 0.6 is 0 Å². The summed E-state index contributed by atoms with van der Waals surface area (Å²) in [5.41, 5.74) is 15.5. The standard InChI is InChI=1S/C15H17N3O2/c16-7-8-1-2-9-3-4-12(10(9)5-8)18-14-11(17)6-13(19)15(14)20/h1-2,5,12,18H,3-4,6-7,16-17H2. The second-order valence-corrected chi connectivity index (χ2v) is 5.30. The van der Waals surface area contributed by atoms with Gasteiger partial charge in [0.1, 0.15) is 5.70 Å². The summed E-state index contributed by atoms with van der Waals surface area (Å²) in [6, 6.07) is 6.20. The Balaban J connectivity index is 1.87. The highest BCUT2D eigenvalue weighted by molar-refractivity contribution is 6.46. The van der Waals surface area contributed by atoms with Crippen LogP contribution in [0.5, 0.6) is 0 Å². The number of hydrogen-bond acceptors (Lipinski definition) is 5. The Morgan fingerprint density at radius 1 is 1.30 bits per heavy atom. The fraction of sp³-hybridized carbons (Fsp3) is 0.333. The van der Waals surface area contributed by atoms with E-state index >= 15 is 0 Å². The van der Waals surface area contributed by atoms with Crippen LogP contribution in [0, 0.1) is 0 Å². The van der Waals surface area contributed by atoms with Crippen molar-refractivity contribution in [2.24, 2.45) is 11.5 Å². The van der Waals surface area contributed by atoms with Gasteiger partial charge in [0.15, 0.2) is 0 Å². The highest BCUT2D eigenvalue weighted by Gasteiger charge is 2.33. The average Bonchev–Trinajstić information content (AvgIpc) is 2.95. The minimum absolute atomic E-state index is 0.0277. The first-order valence-corrected chi connectivity index (χ1v) is 6.74. The van der Waals surface area contributed by atoms with E-state index in [2.05, 4.69) is 17.4 Å². The number of fused-ring (bicyclic) bond motifs is 1. The number of benzene rings is 1. The number of nitrogens with two attached hydrogens (primary N) is 2. The molecule has 1 atom stereocenters. The van der Waals surface area contributed by atoms with Crippen LogP contribution in [0.3, 0.4) is 0 Å². The molecule has 0 aromatic heterocycles. The van der Waals surface area contributed by atoms with Gasteiger partial charge in [-0.2, -0.15) is 0 Å². The van der Waals surface area contributed by atoms with Crippen molar-refractivity contribution < 1.29 is 9.59 Å². The van der Waals surface area contributed by atoms with E-state index in [9.17, 15) is 9.59 Å². The van der Waals surface area contributed by atoms with Gasteiger partial charge < -0.3 is 16.8 Å². The molecular weight excluding hydrogens is 254 g/mol. The molecule has 0 spiro atoms. The molecule has 1 aromatic rings. The second kappa shape index (κ2) is 4.76. The molecule has 0 saturated carbocycles. The van der Waals surface area contributed by atoms with Crippen LogP contribution in [0.4, 0.5) is 0 Å². The number of aryl methyl sites for hydroxylation is 1. The third-order valence-electron chi connectivity index (χ3n) is 3.99. The summed E-state index contributed by atoms with van der Waals surface area (Å²) in [4.78, 5) is 23.2. The predicted molar refractivity (Wildman–Crippen MR) is 74.4 cm³/mol. The smallest absolute Gasteiger partial charge is 0.246 e. The van der Waals surface area contributed by atoms with Gasteiger partial charge in [-0.3, -0.25) is 9.59 Å². The Kier molecular flexibility index (Phi) is 3.06. The van der Waals surface area contributed by atoms with Gasteiger partial charge in [0.05, 0.1) is 12.5 Å². The van der Waals surface area contributed by atoms with Crippen LogP contribution in [-0.4, -0.2) is 11.6 Å². The Morgan fingerprint density at radius 3 is 2.75 bits per heavy atom. The van der Waals surface area contributed by atoms with E-state index in [0.29, 0.717) is 12.2 Å². The quantitative estimate of drug-likeness (QED) is 0.693. The van der Waals surface area contributed by atoms with Crippen LogP contribution in [0.1, 0.15) is 35.6 Å². The van der Waals surface area contributed by atoms with Crippen molar-refractivity contribution in [1.82, 2.24) is 5.32 Å². The average molecular weight is 271 g/mol. The van der Waals surface area contributed by atoms with E-state index < -0.39 is 11.6 Å². The van der Waals surface area contributed by atoms with Crippen molar-refractivity contribution in [3.8, 4) is 0 Å². The molecule has 0 heterocycles. The lowest BCUT2D eigenvalue weighted by Gasteiger charge is -2.16. The summed E-state index contributed by atoms with van der Waals surface area (Å²) in [6.07, 6.45) is 1.87. The molecule has 0 amide bonds. The Bertz CT molecular complexity index is 634. The first-order chi connectivity index (χ1) is 9.60. The molecule has 0 radical (unpaired) electrons. The number of allylic oxidation sites excluding steroid dienone is 2. The van der Waals surface area contributed by atoms with E-state index in [1.165, 1.54) is 5.56 Å². The summed E-state index contributed by atoms with van der Waals surface area (Å²) in [5, 5.41) is 3.16. The van der Waals surface area contributed by atoms with Gasteiger partial charge in [-0.15, -0.1) is 0 Å². The molecule has 0 saturated heterocycles. The Morgan fingerprint density at radius 2 is 2.10 bits per heavy atom. The number of carbonyl (C=O) groups is 2. The minimum atomic E-state index is -0.495. The third kappa shape index (κ3) is 2.00. The van der Waals surface area contributed by atoms with Gasteiger partial charge >= 0.3 is 0 Å². The third-order valence-corrected chi connectivity index (χ3v) is 3.99. The molecule has 20 heavy (non-hydrogen) atoms. The highest BCUT2D eigenvalue weighted by atomic mass is 16.2. The van der Waals surface area contributed by atoms with E-state index in [-0.39, 0.29) is 18.2 Å². The first kappa shape index (κ1) is 12.9. The lowest BCUT2D eigenvalue weighted by atomic mass is 10.0. The lowest BCUT2D eigenvalue weighted by Crippen LogP contribution is -2.26. The molecule has 0 fully saturated rings. The first-order valence-electron chi connectivity index (χ1n) is 6.74. The van der Waals surface area contributed by atoms with Crippen molar-refractivity contribution in [3.63, 3.8) is 0 Å². The molecule has 104 valence electrons. The van der Waals surface area contributed by atoms with Crippen LogP contribution in [-0.2, 0) is 22.6 Å². The van der Waals surface area contributed by atoms with E-state index in [4.69, 9.17) is 11.5 Å². The molecule has 0 aliphatic heterocycles. The molecule has 3 rings (SSSR count). The van der Waals surface area contributed by atoms with Crippen molar-refractivity contribution in [2.45, 2.75) is 31.8 Å². The molecule has 2 aliphatic rings. The molecule has 5 N–H and O–H groups in total. The largest absolute Gasteiger partial charge is 0.400 e. The number of Topliss-reactive ketones (excluding diaryl/α,β-unsaturated/α-hetero) is 2. The molecule has 1 unspecified atom stereocenters. The zero-order chi connectivity index (χ0) is 14.3. The molecule has 1 aromatic carbocycles. The summed E-state index contributed by atoms with van der Waals surface area (Å²) in [7, 11) is 0. The predicted octanol–water partition coefficient (Wildman–Crippen LogP) is 0.434. The number of hydrogen-bond donors (Lipinski definition) is 3. The topological polar surface area (TPSA) is 98.2 Å². The molecule has 5 heteroatoms. The highest BCUT2D eigenvalue weighted by Crippen LogP contribution is 2.33. The van der Waals surface area contributed by atoms with Crippen LogP contribution < -0.4 is 16.8 Å². The van der Waals surface area contributed by atoms with E-state index in [1.807, 2.05) is 6.07 Å². The van der Waals surface area contributed by atoms with Crippen LogP contribution in [0.2, 0.25) is 0 Å². The number of rotatable bonds is 3. The fourth-order valence-electron chi connectivity index (χ4n) is 2.89. The van der Waals surface area contributed by atoms with Crippen molar-refractivity contribution in [1.29, 1.82) is 0 Å². The van der Waals surface area contributed by atoms with Gasteiger partial charge in [-0.25, -0.2) is 0 Å². The van der Waals surface area contributed by atoms with Gasteiger partial charge in [-0.1, -0.05) is 18.2 Å². The molecule has 2 aliphatic carbocycles. The maximum Gasteiger partial charge on any atom is 0.246 e. The van der Waals surface area contributed by atoms with Gasteiger partial charge in [0.2, 0.25) is 11.6 Å². The number of carbonyl (C=O) groups excluding carboxylic acids is 2. The monoisotopic (exact) mass is 271 g/mol. The van der Waals surface area contributed by atoms with Gasteiger partial charge in [0.25, 0.3) is 0 Å². The zero-order valence-electron chi connectivity index (χ0n) is 11.1. The normalized spacial score (nSPS) is 21.6. The van der Waals surface area contributed by atoms with Crippen molar-refractivity contribution >= 4 is 11.6 Å². The minimum Gasteiger partial charge on any atom is -0.400 e. The van der Waals surface area contributed by atoms with Crippen LogP contribution in [0.15, 0.2) is 29.6 Å². The van der Waals surface area contributed by atoms with Gasteiger partial charge in [-0.05, 0) is 29.5 Å².